The molecule has 2 atom stereocenters. The molecule has 2 aromatic rings. The summed E-state index contributed by atoms with van der Waals surface area (Å²) < 4.78 is 5.93. The Balaban J connectivity index is 1.43. The largest absolute Gasteiger partial charge is 0.479 e. The highest BCUT2D eigenvalue weighted by Crippen LogP contribution is 2.55. The number of H-pyrrole nitrogens is 1. The van der Waals surface area contributed by atoms with Gasteiger partial charge in [-0.3, -0.25) is 0 Å². The molecule has 6 rings (SSSR count). The predicted molar refractivity (Wildman–Crippen MR) is 108 cm³/mol. The number of esters is 1. The van der Waals surface area contributed by atoms with E-state index in [-0.39, 0.29) is 6.10 Å². The number of rotatable bonds is 5. The quantitative estimate of drug-likeness (QED) is 0.530. The van der Waals surface area contributed by atoms with Crippen LogP contribution >= 0.6 is 0 Å². The molecule has 0 radical (unpaired) electrons. The first-order valence-corrected chi connectivity index (χ1v) is 10.7. The number of benzene rings is 1. The SMILES string of the molecule is CC(c1c[nH]c2ccccc12)C(N)(C(=O)O)C(=O)OC1C2CC3CC(C2)CC1C3. The van der Waals surface area contributed by atoms with Gasteiger partial charge in [-0.1, -0.05) is 25.1 Å². The molecule has 0 spiro atoms. The smallest absolute Gasteiger partial charge is 0.338 e. The van der Waals surface area contributed by atoms with Crippen molar-refractivity contribution >= 4 is 22.8 Å². The van der Waals surface area contributed by atoms with Gasteiger partial charge < -0.3 is 20.6 Å². The number of carboxylic acid groups (broad SMARTS) is 1. The monoisotopic (exact) mass is 396 g/mol. The zero-order valence-electron chi connectivity index (χ0n) is 16.6. The van der Waals surface area contributed by atoms with E-state index < -0.39 is 23.4 Å². The fraction of sp³-hybridized carbons (Fsp3) is 0.565. The van der Waals surface area contributed by atoms with Crippen molar-refractivity contribution < 1.29 is 19.4 Å². The Morgan fingerprint density at radius 3 is 2.38 bits per heavy atom. The third-order valence-electron chi connectivity index (χ3n) is 7.85. The van der Waals surface area contributed by atoms with Gasteiger partial charge in [-0.05, 0) is 67.4 Å². The molecule has 4 N–H and O–H groups in total. The molecule has 6 heteroatoms. The molecule has 1 aromatic heterocycles. The predicted octanol–water partition coefficient (Wildman–Crippen LogP) is 3.42. The lowest BCUT2D eigenvalue weighted by atomic mass is 9.55. The molecule has 4 bridgehead atoms. The van der Waals surface area contributed by atoms with Crippen LogP contribution in [0.15, 0.2) is 30.5 Å². The molecule has 154 valence electrons. The summed E-state index contributed by atoms with van der Waals surface area (Å²) in [5.74, 6) is -0.669. The van der Waals surface area contributed by atoms with Crippen LogP contribution in [0.4, 0.5) is 0 Å². The van der Waals surface area contributed by atoms with Gasteiger partial charge in [-0.2, -0.15) is 0 Å². The Morgan fingerprint density at radius 2 is 1.76 bits per heavy atom. The maximum absolute atomic E-state index is 13.2. The number of aromatic nitrogens is 1. The Labute approximate surface area is 169 Å². The minimum Gasteiger partial charge on any atom is -0.479 e. The van der Waals surface area contributed by atoms with Crippen molar-refractivity contribution in [2.75, 3.05) is 0 Å². The third-order valence-corrected chi connectivity index (χ3v) is 7.85. The molecule has 2 unspecified atom stereocenters. The topological polar surface area (TPSA) is 105 Å². The molecule has 4 fully saturated rings. The van der Waals surface area contributed by atoms with Crippen molar-refractivity contribution in [1.82, 2.24) is 4.98 Å². The van der Waals surface area contributed by atoms with Crippen molar-refractivity contribution in [3.8, 4) is 0 Å². The third kappa shape index (κ3) is 2.80. The Morgan fingerprint density at radius 1 is 1.14 bits per heavy atom. The van der Waals surface area contributed by atoms with Gasteiger partial charge in [0.2, 0.25) is 5.54 Å². The molecule has 0 aliphatic heterocycles. The Bertz CT molecular complexity index is 939. The second-order valence-corrected chi connectivity index (χ2v) is 9.49. The van der Waals surface area contributed by atoms with E-state index in [2.05, 4.69) is 4.98 Å². The molecule has 29 heavy (non-hydrogen) atoms. The Kier molecular flexibility index (Phi) is 4.24. The van der Waals surface area contributed by atoms with Crippen LogP contribution in [0.1, 0.15) is 50.5 Å². The minimum absolute atomic E-state index is 0.187. The number of nitrogens with one attached hydrogen (secondary N) is 1. The molecule has 4 saturated carbocycles. The maximum Gasteiger partial charge on any atom is 0.338 e. The van der Waals surface area contributed by atoms with Crippen molar-refractivity contribution in [1.29, 1.82) is 0 Å². The zero-order chi connectivity index (χ0) is 20.3. The molecule has 0 amide bonds. The molecular formula is C23H28N2O4. The van der Waals surface area contributed by atoms with Gasteiger partial charge in [0, 0.05) is 23.0 Å². The Hall–Kier alpha value is -2.34. The standard InChI is InChI=1S/C23H28N2O4/c1-12(18-11-25-19-5-3-2-4-17(18)19)23(24,21(26)27)22(28)29-20-15-7-13-6-14(9-15)10-16(20)8-13/h2-5,11-16,20,25H,6-10,24H2,1H3,(H,26,27). The summed E-state index contributed by atoms with van der Waals surface area (Å²) in [4.78, 5) is 28.6. The molecule has 1 aromatic carbocycles. The lowest BCUT2D eigenvalue weighted by molar-refractivity contribution is -0.182. The first-order valence-electron chi connectivity index (χ1n) is 10.7. The number of hydrogen-bond acceptors (Lipinski definition) is 4. The number of para-hydroxylation sites is 1. The number of aromatic amines is 1. The fourth-order valence-corrected chi connectivity index (χ4v) is 6.44. The number of hydrogen-bond donors (Lipinski definition) is 3. The fourth-order valence-electron chi connectivity index (χ4n) is 6.44. The van der Waals surface area contributed by atoms with Crippen LogP contribution in [-0.2, 0) is 14.3 Å². The number of aliphatic carboxylic acids is 1. The maximum atomic E-state index is 13.2. The van der Waals surface area contributed by atoms with Gasteiger partial charge in [0.25, 0.3) is 0 Å². The van der Waals surface area contributed by atoms with Gasteiger partial charge >= 0.3 is 11.9 Å². The number of carbonyl (C=O) groups is 2. The minimum atomic E-state index is -2.13. The molecule has 1 heterocycles. The van der Waals surface area contributed by atoms with Gasteiger partial charge in [-0.15, -0.1) is 0 Å². The summed E-state index contributed by atoms with van der Waals surface area (Å²) in [5.41, 5.74) is 5.80. The highest BCUT2D eigenvalue weighted by molar-refractivity contribution is 6.05. The number of carboxylic acids is 1. The summed E-state index contributed by atoms with van der Waals surface area (Å²) in [6, 6.07) is 7.61. The van der Waals surface area contributed by atoms with Gasteiger partial charge in [0.15, 0.2) is 0 Å². The van der Waals surface area contributed by atoms with Crippen molar-refractivity contribution in [3.05, 3.63) is 36.0 Å². The summed E-state index contributed by atoms with van der Waals surface area (Å²) >= 11 is 0. The normalized spacial score (nSPS) is 33.4. The van der Waals surface area contributed by atoms with Crippen molar-refractivity contribution in [2.45, 2.75) is 56.6 Å². The first-order chi connectivity index (χ1) is 13.9. The highest BCUT2D eigenvalue weighted by Gasteiger charge is 2.55. The van der Waals surface area contributed by atoms with Gasteiger partial charge in [0.05, 0.1) is 0 Å². The zero-order valence-corrected chi connectivity index (χ0v) is 16.6. The van der Waals surface area contributed by atoms with Crippen LogP contribution in [0, 0.1) is 23.7 Å². The number of nitrogens with two attached hydrogens (primary N) is 1. The van der Waals surface area contributed by atoms with E-state index in [4.69, 9.17) is 10.5 Å². The second kappa shape index (κ2) is 6.59. The molecule has 4 aliphatic rings. The highest BCUT2D eigenvalue weighted by atomic mass is 16.5. The summed E-state index contributed by atoms with van der Waals surface area (Å²) in [5, 5.41) is 10.9. The summed E-state index contributed by atoms with van der Waals surface area (Å²) in [7, 11) is 0. The lowest BCUT2D eigenvalue weighted by Gasteiger charge is -2.53. The van der Waals surface area contributed by atoms with E-state index in [0.29, 0.717) is 17.4 Å². The van der Waals surface area contributed by atoms with Crippen molar-refractivity contribution in [3.63, 3.8) is 0 Å². The lowest BCUT2D eigenvalue weighted by Crippen LogP contribution is -2.61. The van der Waals surface area contributed by atoms with Crippen molar-refractivity contribution in [2.24, 2.45) is 29.4 Å². The van der Waals surface area contributed by atoms with Crippen LogP contribution in [0.5, 0.6) is 0 Å². The first kappa shape index (κ1) is 18.7. The van der Waals surface area contributed by atoms with E-state index in [0.717, 1.165) is 48.4 Å². The molecule has 0 saturated heterocycles. The van der Waals surface area contributed by atoms with E-state index in [1.165, 1.54) is 6.42 Å². The van der Waals surface area contributed by atoms with Crippen LogP contribution in [0.3, 0.4) is 0 Å². The van der Waals surface area contributed by atoms with Crippen LogP contribution in [0.25, 0.3) is 10.9 Å². The van der Waals surface area contributed by atoms with Crippen LogP contribution in [-0.4, -0.2) is 33.7 Å². The van der Waals surface area contributed by atoms with E-state index >= 15 is 0 Å². The van der Waals surface area contributed by atoms with Gasteiger partial charge in [0.1, 0.15) is 6.10 Å². The molecular weight excluding hydrogens is 368 g/mol. The van der Waals surface area contributed by atoms with E-state index in [9.17, 15) is 14.7 Å². The second-order valence-electron chi connectivity index (χ2n) is 9.49. The molecule has 4 aliphatic carbocycles. The average Bonchev–Trinajstić information content (AvgIpc) is 3.12. The van der Waals surface area contributed by atoms with Crippen LogP contribution < -0.4 is 5.73 Å². The number of ether oxygens (including phenoxy) is 1. The summed E-state index contributed by atoms with van der Waals surface area (Å²) in [6.45, 7) is 1.70. The van der Waals surface area contributed by atoms with E-state index in [1.54, 1.807) is 13.1 Å². The van der Waals surface area contributed by atoms with E-state index in [1.807, 2.05) is 24.3 Å². The van der Waals surface area contributed by atoms with Crippen LogP contribution in [0.2, 0.25) is 0 Å². The average molecular weight is 396 g/mol. The number of fused-ring (bicyclic) bond motifs is 1. The van der Waals surface area contributed by atoms with Gasteiger partial charge in [-0.25, -0.2) is 9.59 Å². The summed E-state index contributed by atoms with van der Waals surface area (Å²) in [6.07, 6.45) is 7.23. The molecule has 6 nitrogen and oxygen atoms in total. The number of carbonyl (C=O) groups excluding carboxylic acids is 1.